The van der Waals surface area contributed by atoms with Crippen molar-refractivity contribution in [1.29, 1.82) is 0 Å². The average Bonchev–Trinajstić information content (AvgIpc) is 2.65. The van der Waals surface area contributed by atoms with Crippen molar-refractivity contribution in [3.63, 3.8) is 0 Å². The van der Waals surface area contributed by atoms with E-state index in [-0.39, 0.29) is 29.9 Å². The van der Waals surface area contributed by atoms with Gasteiger partial charge < -0.3 is 15.0 Å². The highest BCUT2D eigenvalue weighted by Gasteiger charge is 2.29. The van der Waals surface area contributed by atoms with Crippen LogP contribution >= 0.6 is 0 Å². The van der Waals surface area contributed by atoms with Crippen molar-refractivity contribution in [3.05, 3.63) is 24.0 Å². The zero-order valence-corrected chi connectivity index (χ0v) is 15.7. The van der Waals surface area contributed by atoms with E-state index in [4.69, 9.17) is 4.74 Å². The van der Waals surface area contributed by atoms with Gasteiger partial charge in [0.2, 0.25) is 11.8 Å². The third-order valence-electron chi connectivity index (χ3n) is 5.58. The standard InChI is InChI=1S/C20H29N3O3/c1-14-19(4-3-11-21-14)26-18-7-5-17(6-8-18)22-20(25)16-9-12-23(13-10-16)15(2)24/h3-4,11,16-18H,5-10,12-13H2,1-2H3,(H,22,25). The Morgan fingerprint density at radius 1 is 1.15 bits per heavy atom. The maximum Gasteiger partial charge on any atom is 0.223 e. The molecule has 2 amide bonds. The molecule has 1 aliphatic heterocycles. The molecule has 142 valence electrons. The fraction of sp³-hybridized carbons (Fsp3) is 0.650. The molecule has 0 bridgehead atoms. The molecular formula is C20H29N3O3. The first kappa shape index (κ1) is 18.7. The summed E-state index contributed by atoms with van der Waals surface area (Å²) in [6.45, 7) is 4.93. The van der Waals surface area contributed by atoms with E-state index >= 15 is 0 Å². The lowest BCUT2D eigenvalue weighted by molar-refractivity contribution is -0.134. The molecule has 2 heterocycles. The molecule has 2 fully saturated rings. The van der Waals surface area contributed by atoms with Gasteiger partial charge in [-0.2, -0.15) is 0 Å². The molecule has 1 saturated heterocycles. The Hall–Kier alpha value is -2.11. The number of carbonyl (C=O) groups excluding carboxylic acids is 2. The lowest BCUT2D eigenvalue weighted by atomic mass is 9.91. The van der Waals surface area contributed by atoms with Crippen molar-refractivity contribution in [2.75, 3.05) is 13.1 Å². The molecule has 2 aliphatic rings. The summed E-state index contributed by atoms with van der Waals surface area (Å²) in [5, 5.41) is 3.22. The Bertz CT molecular complexity index is 633. The highest BCUT2D eigenvalue weighted by atomic mass is 16.5. The number of rotatable bonds is 4. The maximum absolute atomic E-state index is 12.5. The fourth-order valence-electron chi connectivity index (χ4n) is 3.87. The van der Waals surface area contributed by atoms with Crippen LogP contribution in [0.3, 0.4) is 0 Å². The molecule has 1 saturated carbocycles. The molecule has 6 heteroatoms. The van der Waals surface area contributed by atoms with Gasteiger partial charge in [-0.15, -0.1) is 0 Å². The summed E-state index contributed by atoms with van der Waals surface area (Å²) in [6.07, 6.45) is 7.29. The molecule has 0 atom stereocenters. The predicted octanol–water partition coefficient (Wildman–Crippen LogP) is 2.45. The summed E-state index contributed by atoms with van der Waals surface area (Å²) >= 11 is 0. The van der Waals surface area contributed by atoms with E-state index in [2.05, 4.69) is 10.3 Å². The minimum atomic E-state index is 0.0395. The van der Waals surface area contributed by atoms with Crippen LogP contribution in [0, 0.1) is 12.8 Å². The number of nitrogens with zero attached hydrogens (tertiary/aromatic N) is 2. The van der Waals surface area contributed by atoms with E-state index < -0.39 is 0 Å². The summed E-state index contributed by atoms with van der Waals surface area (Å²) in [5.41, 5.74) is 0.917. The van der Waals surface area contributed by atoms with Gasteiger partial charge in [-0.25, -0.2) is 0 Å². The van der Waals surface area contributed by atoms with Crippen LogP contribution in [0.1, 0.15) is 51.1 Å². The van der Waals surface area contributed by atoms with Crippen molar-refractivity contribution in [2.24, 2.45) is 5.92 Å². The minimum absolute atomic E-state index is 0.0395. The first-order valence-corrected chi connectivity index (χ1v) is 9.67. The number of hydrogen-bond acceptors (Lipinski definition) is 4. The van der Waals surface area contributed by atoms with E-state index in [1.807, 2.05) is 24.0 Å². The molecule has 1 aromatic rings. The summed E-state index contributed by atoms with van der Waals surface area (Å²) in [4.78, 5) is 30.0. The van der Waals surface area contributed by atoms with E-state index in [0.29, 0.717) is 13.1 Å². The van der Waals surface area contributed by atoms with E-state index in [0.717, 1.165) is 50.0 Å². The van der Waals surface area contributed by atoms with Crippen LogP contribution in [0.25, 0.3) is 0 Å². The zero-order valence-electron chi connectivity index (χ0n) is 15.7. The van der Waals surface area contributed by atoms with Crippen LogP contribution in [-0.2, 0) is 9.59 Å². The van der Waals surface area contributed by atoms with Gasteiger partial charge in [0.1, 0.15) is 5.75 Å². The average molecular weight is 359 g/mol. The number of ether oxygens (including phenoxy) is 1. The second-order valence-electron chi connectivity index (χ2n) is 7.47. The number of amides is 2. The largest absolute Gasteiger partial charge is 0.489 e. The summed E-state index contributed by atoms with van der Waals surface area (Å²) in [7, 11) is 0. The Morgan fingerprint density at radius 3 is 2.46 bits per heavy atom. The number of piperidine rings is 1. The molecule has 0 aromatic carbocycles. The molecule has 0 spiro atoms. The van der Waals surface area contributed by atoms with Crippen molar-refractivity contribution in [1.82, 2.24) is 15.2 Å². The van der Waals surface area contributed by atoms with Gasteiger partial charge in [0, 0.05) is 38.2 Å². The minimum Gasteiger partial charge on any atom is -0.489 e. The number of hydrogen-bond donors (Lipinski definition) is 1. The normalized spacial score (nSPS) is 24.2. The summed E-state index contributed by atoms with van der Waals surface area (Å²) in [6, 6.07) is 4.10. The first-order valence-electron chi connectivity index (χ1n) is 9.67. The maximum atomic E-state index is 12.5. The zero-order chi connectivity index (χ0) is 18.5. The molecule has 1 N–H and O–H groups in total. The number of aryl methyl sites for hydroxylation is 1. The van der Waals surface area contributed by atoms with Gasteiger partial charge in [0.25, 0.3) is 0 Å². The molecule has 0 radical (unpaired) electrons. The van der Waals surface area contributed by atoms with Crippen molar-refractivity contribution < 1.29 is 14.3 Å². The summed E-state index contributed by atoms with van der Waals surface area (Å²) in [5.74, 6) is 1.15. The van der Waals surface area contributed by atoms with E-state index in [9.17, 15) is 9.59 Å². The highest BCUT2D eigenvalue weighted by molar-refractivity contribution is 5.79. The predicted molar refractivity (Wildman–Crippen MR) is 98.8 cm³/mol. The van der Waals surface area contributed by atoms with Gasteiger partial charge >= 0.3 is 0 Å². The molecule has 1 aliphatic carbocycles. The van der Waals surface area contributed by atoms with Crippen molar-refractivity contribution in [2.45, 2.75) is 64.5 Å². The first-order chi connectivity index (χ1) is 12.5. The number of pyridine rings is 1. The van der Waals surface area contributed by atoms with Gasteiger partial charge in [-0.05, 0) is 57.6 Å². The molecule has 3 rings (SSSR count). The van der Waals surface area contributed by atoms with Crippen molar-refractivity contribution >= 4 is 11.8 Å². The lowest BCUT2D eigenvalue weighted by Gasteiger charge is -2.33. The van der Waals surface area contributed by atoms with Gasteiger partial charge in [-0.3, -0.25) is 14.6 Å². The number of carbonyl (C=O) groups is 2. The van der Waals surface area contributed by atoms with Crippen LogP contribution in [0.15, 0.2) is 18.3 Å². The van der Waals surface area contributed by atoms with Crippen LogP contribution < -0.4 is 10.1 Å². The SMILES string of the molecule is CC(=O)N1CCC(C(=O)NC2CCC(Oc3cccnc3C)CC2)CC1. The van der Waals surface area contributed by atoms with E-state index in [1.54, 1.807) is 13.1 Å². The van der Waals surface area contributed by atoms with Gasteiger partial charge in [-0.1, -0.05) is 0 Å². The number of likely N-dealkylation sites (tertiary alicyclic amines) is 1. The molecule has 26 heavy (non-hydrogen) atoms. The van der Waals surface area contributed by atoms with Crippen molar-refractivity contribution in [3.8, 4) is 5.75 Å². The third-order valence-corrected chi connectivity index (χ3v) is 5.58. The number of aromatic nitrogens is 1. The van der Waals surface area contributed by atoms with Crippen LogP contribution in [0.2, 0.25) is 0 Å². The quantitative estimate of drug-likeness (QED) is 0.896. The lowest BCUT2D eigenvalue weighted by Crippen LogP contribution is -2.46. The Kier molecular flexibility index (Phi) is 6.12. The topological polar surface area (TPSA) is 71.5 Å². The monoisotopic (exact) mass is 359 g/mol. The fourth-order valence-corrected chi connectivity index (χ4v) is 3.87. The van der Waals surface area contributed by atoms with Gasteiger partial charge in [0.15, 0.2) is 0 Å². The molecule has 0 unspecified atom stereocenters. The third kappa shape index (κ3) is 4.74. The Labute approximate surface area is 155 Å². The second kappa shape index (κ2) is 8.52. The Morgan fingerprint density at radius 2 is 1.85 bits per heavy atom. The molecule has 1 aromatic heterocycles. The smallest absolute Gasteiger partial charge is 0.223 e. The van der Waals surface area contributed by atoms with Gasteiger partial charge in [0.05, 0.1) is 11.8 Å². The second-order valence-corrected chi connectivity index (χ2v) is 7.47. The van der Waals surface area contributed by atoms with E-state index in [1.165, 1.54) is 0 Å². The van der Waals surface area contributed by atoms with Crippen LogP contribution in [-0.4, -0.2) is 46.9 Å². The van der Waals surface area contributed by atoms with Crippen LogP contribution in [0.4, 0.5) is 0 Å². The Balaban J connectivity index is 1.41. The molecular weight excluding hydrogens is 330 g/mol. The summed E-state index contributed by atoms with van der Waals surface area (Å²) < 4.78 is 6.08. The highest BCUT2D eigenvalue weighted by Crippen LogP contribution is 2.26. The molecule has 6 nitrogen and oxygen atoms in total. The van der Waals surface area contributed by atoms with Crippen LogP contribution in [0.5, 0.6) is 5.75 Å². The number of nitrogens with one attached hydrogen (secondary N) is 1.